The van der Waals surface area contributed by atoms with Crippen molar-refractivity contribution in [2.45, 2.75) is 45.8 Å². The number of carbonyl (C=O) groups is 1. The average molecular weight is 339 g/mol. The van der Waals surface area contributed by atoms with Crippen LogP contribution in [0.15, 0.2) is 42.5 Å². The van der Waals surface area contributed by atoms with E-state index in [2.05, 4.69) is 11.4 Å². The number of para-hydroxylation sites is 1. The van der Waals surface area contributed by atoms with Crippen LogP contribution in [-0.4, -0.2) is 18.1 Å². The van der Waals surface area contributed by atoms with E-state index in [9.17, 15) is 4.79 Å². The number of nitrogens with one attached hydrogen (secondary N) is 1. The second-order valence-electron chi connectivity index (χ2n) is 7.34. The van der Waals surface area contributed by atoms with E-state index in [0.717, 1.165) is 34.6 Å². The van der Waals surface area contributed by atoms with Gasteiger partial charge < -0.3 is 14.8 Å². The Kier molecular flexibility index (Phi) is 4.71. The van der Waals surface area contributed by atoms with Crippen molar-refractivity contribution in [3.05, 3.63) is 59.2 Å². The molecule has 1 atom stereocenters. The summed E-state index contributed by atoms with van der Waals surface area (Å²) in [6.07, 6.45) is 0.722. The highest BCUT2D eigenvalue weighted by Crippen LogP contribution is 2.39. The van der Waals surface area contributed by atoms with Gasteiger partial charge in [0.15, 0.2) is 6.61 Å². The van der Waals surface area contributed by atoms with Crippen LogP contribution in [0.2, 0.25) is 0 Å². The van der Waals surface area contributed by atoms with Gasteiger partial charge in [0, 0.05) is 12.0 Å². The van der Waals surface area contributed by atoms with Gasteiger partial charge in [-0.25, -0.2) is 0 Å². The van der Waals surface area contributed by atoms with Gasteiger partial charge in [-0.15, -0.1) is 0 Å². The minimum absolute atomic E-state index is 0.00282. The van der Waals surface area contributed by atoms with Gasteiger partial charge in [-0.3, -0.25) is 4.79 Å². The molecule has 25 heavy (non-hydrogen) atoms. The number of hydrogen-bond acceptors (Lipinski definition) is 3. The smallest absolute Gasteiger partial charge is 0.258 e. The zero-order valence-electron chi connectivity index (χ0n) is 15.3. The standard InChI is InChI=1S/C21H25NO3/c1-14-9-15(2)11-16(10-14)24-13-20(23)22-18-12-21(3,4)25-19-8-6-5-7-17(18)19/h5-11,18H,12-13H2,1-4H3,(H,22,23)/t18-/m1/s1. The van der Waals surface area contributed by atoms with Crippen molar-refractivity contribution in [1.82, 2.24) is 5.32 Å². The van der Waals surface area contributed by atoms with E-state index in [0.29, 0.717) is 0 Å². The maximum Gasteiger partial charge on any atom is 0.258 e. The van der Waals surface area contributed by atoms with Crippen LogP contribution >= 0.6 is 0 Å². The Morgan fingerprint density at radius 1 is 1.20 bits per heavy atom. The second-order valence-corrected chi connectivity index (χ2v) is 7.34. The van der Waals surface area contributed by atoms with E-state index in [-0.39, 0.29) is 24.2 Å². The van der Waals surface area contributed by atoms with E-state index < -0.39 is 0 Å². The number of benzene rings is 2. The van der Waals surface area contributed by atoms with Crippen molar-refractivity contribution in [2.24, 2.45) is 0 Å². The number of ether oxygens (including phenoxy) is 2. The molecule has 2 aromatic rings. The molecule has 4 heteroatoms. The van der Waals surface area contributed by atoms with E-state index >= 15 is 0 Å². The molecule has 0 spiro atoms. The van der Waals surface area contributed by atoms with Crippen LogP contribution in [0.1, 0.15) is 43.0 Å². The van der Waals surface area contributed by atoms with E-state index in [1.54, 1.807) is 0 Å². The summed E-state index contributed by atoms with van der Waals surface area (Å²) in [5, 5.41) is 3.09. The molecule has 2 aromatic carbocycles. The van der Waals surface area contributed by atoms with Crippen molar-refractivity contribution >= 4 is 5.91 Å². The summed E-state index contributed by atoms with van der Waals surface area (Å²) >= 11 is 0. The van der Waals surface area contributed by atoms with Crippen molar-refractivity contribution in [3.63, 3.8) is 0 Å². The summed E-state index contributed by atoms with van der Waals surface area (Å²) in [5.74, 6) is 1.43. The summed E-state index contributed by atoms with van der Waals surface area (Å²) in [5.41, 5.74) is 2.94. The molecule has 0 aromatic heterocycles. The van der Waals surface area contributed by atoms with Gasteiger partial charge >= 0.3 is 0 Å². The van der Waals surface area contributed by atoms with Crippen LogP contribution in [0.3, 0.4) is 0 Å². The molecular formula is C21H25NO3. The summed E-state index contributed by atoms with van der Waals surface area (Å²) in [6, 6.07) is 13.7. The molecule has 1 heterocycles. The van der Waals surface area contributed by atoms with E-state index in [4.69, 9.17) is 9.47 Å². The van der Waals surface area contributed by atoms with Gasteiger partial charge in [-0.05, 0) is 57.0 Å². The molecular weight excluding hydrogens is 314 g/mol. The molecule has 1 aliphatic rings. The third-order valence-corrected chi connectivity index (χ3v) is 4.28. The highest BCUT2D eigenvalue weighted by Gasteiger charge is 2.34. The van der Waals surface area contributed by atoms with E-state index in [1.807, 2.05) is 64.1 Å². The zero-order chi connectivity index (χ0) is 18.0. The number of rotatable bonds is 4. The number of carbonyl (C=O) groups excluding carboxylic acids is 1. The van der Waals surface area contributed by atoms with Crippen LogP contribution in [0.25, 0.3) is 0 Å². The number of aryl methyl sites for hydroxylation is 2. The average Bonchev–Trinajstić information content (AvgIpc) is 2.51. The van der Waals surface area contributed by atoms with Crippen molar-refractivity contribution < 1.29 is 14.3 Å². The molecule has 4 nitrogen and oxygen atoms in total. The third kappa shape index (κ3) is 4.32. The molecule has 0 bridgehead atoms. The highest BCUT2D eigenvalue weighted by atomic mass is 16.5. The largest absolute Gasteiger partial charge is 0.487 e. The Hall–Kier alpha value is -2.49. The van der Waals surface area contributed by atoms with Crippen molar-refractivity contribution in [2.75, 3.05) is 6.61 Å². The molecule has 132 valence electrons. The first-order chi connectivity index (χ1) is 11.8. The first-order valence-corrected chi connectivity index (χ1v) is 8.61. The summed E-state index contributed by atoms with van der Waals surface area (Å²) in [7, 11) is 0. The highest BCUT2D eigenvalue weighted by molar-refractivity contribution is 5.78. The predicted molar refractivity (Wildman–Crippen MR) is 98.1 cm³/mol. The number of hydrogen-bond donors (Lipinski definition) is 1. The lowest BCUT2D eigenvalue weighted by atomic mass is 9.90. The van der Waals surface area contributed by atoms with Gasteiger partial charge in [0.2, 0.25) is 0 Å². The molecule has 1 N–H and O–H groups in total. The zero-order valence-corrected chi connectivity index (χ0v) is 15.3. The fourth-order valence-electron chi connectivity index (χ4n) is 3.33. The Morgan fingerprint density at radius 2 is 1.88 bits per heavy atom. The Labute approximate surface area is 149 Å². The predicted octanol–water partition coefficient (Wildman–Crippen LogP) is 4.10. The fourth-order valence-corrected chi connectivity index (χ4v) is 3.33. The van der Waals surface area contributed by atoms with Gasteiger partial charge in [-0.2, -0.15) is 0 Å². The normalized spacial score (nSPS) is 18.0. The van der Waals surface area contributed by atoms with Crippen molar-refractivity contribution in [3.8, 4) is 11.5 Å². The van der Waals surface area contributed by atoms with Gasteiger partial charge in [-0.1, -0.05) is 24.3 Å². The van der Waals surface area contributed by atoms with Gasteiger partial charge in [0.25, 0.3) is 5.91 Å². The molecule has 0 saturated heterocycles. The van der Waals surface area contributed by atoms with Crippen LogP contribution < -0.4 is 14.8 Å². The minimum atomic E-state index is -0.319. The maximum absolute atomic E-state index is 12.4. The lowest BCUT2D eigenvalue weighted by molar-refractivity contribution is -0.124. The quantitative estimate of drug-likeness (QED) is 0.912. The topological polar surface area (TPSA) is 47.6 Å². The van der Waals surface area contributed by atoms with Crippen molar-refractivity contribution in [1.29, 1.82) is 0 Å². The molecule has 0 unspecified atom stereocenters. The van der Waals surface area contributed by atoms with Gasteiger partial charge in [0.1, 0.15) is 17.1 Å². The molecule has 3 rings (SSSR count). The summed E-state index contributed by atoms with van der Waals surface area (Å²) in [6.45, 7) is 8.10. The summed E-state index contributed by atoms with van der Waals surface area (Å²) < 4.78 is 11.7. The lowest BCUT2D eigenvalue weighted by Crippen LogP contribution is -2.42. The lowest BCUT2D eigenvalue weighted by Gasteiger charge is -2.37. The fraction of sp³-hybridized carbons (Fsp3) is 0.381. The van der Waals surface area contributed by atoms with E-state index in [1.165, 1.54) is 0 Å². The first kappa shape index (κ1) is 17.3. The Balaban J connectivity index is 1.66. The minimum Gasteiger partial charge on any atom is -0.487 e. The Bertz CT molecular complexity index is 762. The molecule has 0 aliphatic carbocycles. The van der Waals surface area contributed by atoms with Crippen LogP contribution in [-0.2, 0) is 4.79 Å². The molecule has 0 radical (unpaired) electrons. The van der Waals surface area contributed by atoms with Crippen LogP contribution in [0.5, 0.6) is 11.5 Å². The summed E-state index contributed by atoms with van der Waals surface area (Å²) in [4.78, 5) is 12.4. The third-order valence-electron chi connectivity index (χ3n) is 4.28. The van der Waals surface area contributed by atoms with Crippen LogP contribution in [0, 0.1) is 13.8 Å². The molecule has 1 amide bonds. The first-order valence-electron chi connectivity index (χ1n) is 8.61. The van der Waals surface area contributed by atoms with Crippen LogP contribution in [0.4, 0.5) is 0 Å². The monoisotopic (exact) mass is 339 g/mol. The maximum atomic E-state index is 12.4. The molecule has 1 aliphatic heterocycles. The second kappa shape index (κ2) is 6.79. The number of amides is 1. The molecule has 0 fully saturated rings. The van der Waals surface area contributed by atoms with Gasteiger partial charge in [0.05, 0.1) is 6.04 Å². The SMILES string of the molecule is Cc1cc(C)cc(OCC(=O)N[C@@H]2CC(C)(C)Oc3ccccc32)c1. The molecule has 0 saturated carbocycles. The Morgan fingerprint density at radius 3 is 2.60 bits per heavy atom. The number of fused-ring (bicyclic) bond motifs is 1.